The third-order valence-corrected chi connectivity index (χ3v) is 4.82. The first-order valence-electron chi connectivity index (χ1n) is 7.39. The van der Waals surface area contributed by atoms with Crippen molar-refractivity contribution in [2.45, 2.75) is 25.3 Å². The number of carbonyl (C=O) groups excluding carboxylic acids is 1. The number of nitrogens with zero attached hydrogens (tertiary/aromatic N) is 2. The van der Waals surface area contributed by atoms with Crippen LogP contribution in [0.4, 0.5) is 5.13 Å². The Balaban J connectivity index is 1.83. The molecule has 6 nitrogen and oxygen atoms in total. The minimum Gasteiger partial charge on any atom is -0.480 e. The zero-order valence-electron chi connectivity index (χ0n) is 12.4. The predicted octanol–water partition coefficient (Wildman–Crippen LogP) is 2.01. The number of rotatable bonds is 4. The summed E-state index contributed by atoms with van der Waals surface area (Å²) < 4.78 is 0. The van der Waals surface area contributed by atoms with Gasteiger partial charge in [-0.05, 0) is 12.8 Å². The number of benzene rings is 1. The number of thiazole rings is 1. The Labute approximate surface area is 137 Å². The maximum absolute atomic E-state index is 12.5. The number of amides is 1. The molecule has 23 heavy (non-hydrogen) atoms. The Morgan fingerprint density at radius 3 is 2.78 bits per heavy atom. The van der Waals surface area contributed by atoms with Gasteiger partial charge < -0.3 is 15.7 Å². The van der Waals surface area contributed by atoms with E-state index >= 15 is 0 Å². The van der Waals surface area contributed by atoms with Crippen LogP contribution in [-0.2, 0) is 16.0 Å². The van der Waals surface area contributed by atoms with E-state index in [0.29, 0.717) is 23.8 Å². The fraction of sp³-hybridized carbons (Fsp3) is 0.312. The molecule has 1 aliphatic heterocycles. The van der Waals surface area contributed by atoms with Crippen molar-refractivity contribution in [3.8, 4) is 11.3 Å². The third kappa shape index (κ3) is 3.19. The Kier molecular flexibility index (Phi) is 4.29. The van der Waals surface area contributed by atoms with Crippen LogP contribution >= 0.6 is 11.3 Å². The largest absolute Gasteiger partial charge is 0.480 e. The Morgan fingerprint density at radius 1 is 1.35 bits per heavy atom. The van der Waals surface area contributed by atoms with Crippen LogP contribution in [0, 0.1) is 0 Å². The maximum Gasteiger partial charge on any atom is 0.326 e. The highest BCUT2D eigenvalue weighted by atomic mass is 32.1. The summed E-state index contributed by atoms with van der Waals surface area (Å²) in [7, 11) is 0. The summed E-state index contributed by atoms with van der Waals surface area (Å²) >= 11 is 1.28. The average molecular weight is 331 g/mol. The van der Waals surface area contributed by atoms with Crippen LogP contribution in [0.2, 0.25) is 0 Å². The monoisotopic (exact) mass is 331 g/mol. The molecule has 1 aromatic carbocycles. The van der Waals surface area contributed by atoms with Gasteiger partial charge in [0, 0.05) is 17.0 Å². The van der Waals surface area contributed by atoms with E-state index in [9.17, 15) is 14.7 Å². The fourth-order valence-corrected chi connectivity index (χ4v) is 3.72. The van der Waals surface area contributed by atoms with Crippen LogP contribution in [-0.4, -0.2) is 39.5 Å². The average Bonchev–Trinajstić information content (AvgIpc) is 3.15. The molecule has 2 heterocycles. The number of carbonyl (C=O) groups is 2. The molecule has 0 aliphatic carbocycles. The summed E-state index contributed by atoms with van der Waals surface area (Å²) in [5, 5.41) is 9.62. The van der Waals surface area contributed by atoms with Crippen molar-refractivity contribution in [2.75, 3.05) is 12.3 Å². The number of hydrogen-bond donors (Lipinski definition) is 2. The number of nitrogen functional groups attached to an aromatic ring is 1. The van der Waals surface area contributed by atoms with Crippen LogP contribution in [0.3, 0.4) is 0 Å². The lowest BCUT2D eigenvalue weighted by molar-refractivity contribution is -0.147. The van der Waals surface area contributed by atoms with Crippen LogP contribution in [0.25, 0.3) is 11.3 Å². The Bertz CT molecular complexity index is 729. The predicted molar refractivity (Wildman–Crippen MR) is 88.0 cm³/mol. The van der Waals surface area contributed by atoms with Crippen molar-refractivity contribution in [2.24, 2.45) is 0 Å². The normalized spacial score (nSPS) is 17.4. The van der Waals surface area contributed by atoms with Gasteiger partial charge in [0.05, 0.1) is 12.1 Å². The Morgan fingerprint density at radius 2 is 2.09 bits per heavy atom. The summed E-state index contributed by atoms with van der Waals surface area (Å²) in [5.74, 6) is -1.13. The summed E-state index contributed by atoms with van der Waals surface area (Å²) in [6.07, 6.45) is 1.36. The second kappa shape index (κ2) is 6.37. The number of anilines is 1. The molecule has 0 saturated carbocycles. The lowest BCUT2D eigenvalue weighted by atomic mass is 10.1. The molecule has 7 heteroatoms. The molecule has 1 fully saturated rings. The van der Waals surface area contributed by atoms with Crippen LogP contribution in [0.5, 0.6) is 0 Å². The van der Waals surface area contributed by atoms with Crippen LogP contribution in [0.15, 0.2) is 30.3 Å². The minimum atomic E-state index is -0.942. The first kappa shape index (κ1) is 15.5. The molecule has 2 aromatic rings. The number of likely N-dealkylation sites (tertiary alicyclic amines) is 1. The number of nitrogens with two attached hydrogens (primary N) is 1. The van der Waals surface area contributed by atoms with Crippen molar-refractivity contribution < 1.29 is 14.7 Å². The van der Waals surface area contributed by atoms with Gasteiger partial charge in [-0.25, -0.2) is 9.78 Å². The minimum absolute atomic E-state index is 0.128. The molecule has 0 unspecified atom stereocenters. The van der Waals surface area contributed by atoms with Crippen molar-refractivity contribution in [3.63, 3.8) is 0 Å². The van der Waals surface area contributed by atoms with Crippen molar-refractivity contribution in [1.82, 2.24) is 9.88 Å². The van der Waals surface area contributed by atoms with E-state index in [1.165, 1.54) is 16.2 Å². The highest BCUT2D eigenvalue weighted by Crippen LogP contribution is 2.31. The van der Waals surface area contributed by atoms with Gasteiger partial charge in [0.15, 0.2) is 5.13 Å². The molecule has 0 radical (unpaired) electrons. The van der Waals surface area contributed by atoms with Gasteiger partial charge in [-0.2, -0.15) is 0 Å². The number of aliphatic carboxylic acids is 1. The zero-order chi connectivity index (χ0) is 16.4. The summed E-state index contributed by atoms with van der Waals surface area (Å²) in [4.78, 5) is 30.3. The summed E-state index contributed by atoms with van der Waals surface area (Å²) in [6, 6.07) is 8.82. The molecular weight excluding hydrogens is 314 g/mol. The van der Waals surface area contributed by atoms with E-state index in [1.54, 1.807) is 0 Å². The second-order valence-corrected chi connectivity index (χ2v) is 6.57. The SMILES string of the molecule is Nc1nc(-c2ccccc2)c(CC(=O)N2CCC[C@H]2C(=O)O)s1. The van der Waals surface area contributed by atoms with E-state index in [1.807, 2.05) is 30.3 Å². The molecule has 1 aliphatic rings. The van der Waals surface area contributed by atoms with E-state index in [2.05, 4.69) is 4.98 Å². The quantitative estimate of drug-likeness (QED) is 0.893. The van der Waals surface area contributed by atoms with Crippen molar-refractivity contribution in [1.29, 1.82) is 0 Å². The Hall–Kier alpha value is -2.41. The third-order valence-electron chi connectivity index (χ3n) is 3.93. The molecule has 1 saturated heterocycles. The second-order valence-electron chi connectivity index (χ2n) is 5.45. The van der Waals surface area contributed by atoms with Crippen molar-refractivity contribution >= 4 is 28.3 Å². The molecule has 1 amide bonds. The van der Waals surface area contributed by atoms with E-state index in [4.69, 9.17) is 5.73 Å². The lowest BCUT2D eigenvalue weighted by Gasteiger charge is -2.21. The van der Waals surface area contributed by atoms with Gasteiger partial charge in [-0.1, -0.05) is 30.3 Å². The number of carboxylic acid groups (broad SMARTS) is 1. The number of aromatic nitrogens is 1. The number of carboxylic acids is 1. The molecular formula is C16H17N3O3S. The summed E-state index contributed by atoms with van der Waals surface area (Å²) in [5.41, 5.74) is 7.41. The standard InChI is InChI=1S/C16H17N3O3S/c17-16-18-14(10-5-2-1-3-6-10)12(23-16)9-13(20)19-8-4-7-11(19)15(21)22/h1-3,5-6,11H,4,7-9H2,(H2,17,18)(H,21,22)/t11-/m0/s1. The molecule has 0 bridgehead atoms. The van der Waals surface area contributed by atoms with Gasteiger partial charge >= 0.3 is 5.97 Å². The lowest BCUT2D eigenvalue weighted by Crippen LogP contribution is -2.41. The molecule has 3 N–H and O–H groups in total. The van der Waals surface area contributed by atoms with E-state index < -0.39 is 12.0 Å². The van der Waals surface area contributed by atoms with E-state index in [-0.39, 0.29) is 12.3 Å². The zero-order valence-corrected chi connectivity index (χ0v) is 13.3. The summed E-state index contributed by atoms with van der Waals surface area (Å²) in [6.45, 7) is 0.491. The first-order valence-corrected chi connectivity index (χ1v) is 8.21. The van der Waals surface area contributed by atoms with Gasteiger partial charge in [-0.3, -0.25) is 4.79 Å². The van der Waals surface area contributed by atoms with Crippen molar-refractivity contribution in [3.05, 3.63) is 35.2 Å². The smallest absolute Gasteiger partial charge is 0.326 e. The molecule has 1 aromatic heterocycles. The van der Waals surface area contributed by atoms with Gasteiger partial charge in [-0.15, -0.1) is 11.3 Å². The first-order chi connectivity index (χ1) is 11.1. The van der Waals surface area contributed by atoms with Crippen LogP contribution < -0.4 is 5.73 Å². The molecule has 3 rings (SSSR count). The molecule has 120 valence electrons. The van der Waals surface area contributed by atoms with Gasteiger partial charge in [0.25, 0.3) is 0 Å². The topological polar surface area (TPSA) is 96.5 Å². The molecule has 0 spiro atoms. The molecule has 1 atom stereocenters. The van der Waals surface area contributed by atoms with Crippen LogP contribution in [0.1, 0.15) is 17.7 Å². The van der Waals surface area contributed by atoms with Gasteiger partial charge in [0.1, 0.15) is 6.04 Å². The fourth-order valence-electron chi connectivity index (χ4n) is 2.87. The highest BCUT2D eigenvalue weighted by Gasteiger charge is 2.34. The maximum atomic E-state index is 12.5. The number of hydrogen-bond acceptors (Lipinski definition) is 5. The highest BCUT2D eigenvalue weighted by molar-refractivity contribution is 7.15. The van der Waals surface area contributed by atoms with E-state index in [0.717, 1.165) is 16.9 Å². The van der Waals surface area contributed by atoms with Gasteiger partial charge in [0.2, 0.25) is 5.91 Å².